The molecule has 0 amide bonds. The molecule has 0 saturated heterocycles. The van der Waals surface area contributed by atoms with Crippen LogP contribution >= 0.6 is 0 Å². The summed E-state index contributed by atoms with van der Waals surface area (Å²) in [6.45, 7) is 4.82. The third-order valence-corrected chi connectivity index (χ3v) is 5.05. The first kappa shape index (κ1) is 17.7. The van der Waals surface area contributed by atoms with Crippen molar-refractivity contribution in [2.75, 3.05) is 26.2 Å². The molecule has 0 aromatic rings. The van der Waals surface area contributed by atoms with Crippen molar-refractivity contribution in [2.45, 2.75) is 76.7 Å². The molecule has 1 N–H and O–H groups in total. The molecular weight excluding hydrogens is 268 g/mol. The molecule has 2 nitrogen and oxygen atoms in total. The summed E-state index contributed by atoms with van der Waals surface area (Å²) < 4.78 is 0. The molecule has 0 saturated carbocycles. The summed E-state index contributed by atoms with van der Waals surface area (Å²) in [6, 6.07) is 0.818. The molecule has 2 rings (SSSR count). The van der Waals surface area contributed by atoms with E-state index in [1.807, 2.05) is 0 Å². The van der Waals surface area contributed by atoms with Crippen molar-refractivity contribution in [3.05, 3.63) is 24.3 Å². The highest BCUT2D eigenvalue weighted by molar-refractivity contribution is 4.86. The lowest BCUT2D eigenvalue weighted by molar-refractivity contribution is 0.171. The maximum atomic E-state index is 3.61. The van der Waals surface area contributed by atoms with E-state index in [2.05, 4.69) is 34.5 Å². The zero-order valence-corrected chi connectivity index (χ0v) is 14.4. The van der Waals surface area contributed by atoms with Crippen molar-refractivity contribution in [3.63, 3.8) is 0 Å². The van der Waals surface area contributed by atoms with Crippen molar-refractivity contribution in [3.8, 4) is 0 Å². The van der Waals surface area contributed by atoms with Gasteiger partial charge in [0.25, 0.3) is 0 Å². The van der Waals surface area contributed by atoms with Gasteiger partial charge in [-0.25, -0.2) is 0 Å². The summed E-state index contributed by atoms with van der Waals surface area (Å²) in [6.07, 6.45) is 24.3. The van der Waals surface area contributed by atoms with Gasteiger partial charge >= 0.3 is 0 Å². The van der Waals surface area contributed by atoms with Crippen LogP contribution in [-0.2, 0) is 0 Å². The Balaban J connectivity index is 1.87. The SMILES string of the molecule is C1=CCCCC(N2CCC/C=C\CCNCC2)CCCCC1. The molecule has 22 heavy (non-hydrogen) atoms. The molecule has 1 aliphatic heterocycles. The van der Waals surface area contributed by atoms with Crippen LogP contribution in [-0.4, -0.2) is 37.1 Å². The van der Waals surface area contributed by atoms with E-state index in [1.54, 1.807) is 0 Å². The zero-order valence-electron chi connectivity index (χ0n) is 14.4. The van der Waals surface area contributed by atoms with E-state index in [-0.39, 0.29) is 0 Å². The highest BCUT2D eigenvalue weighted by Gasteiger charge is 2.17. The van der Waals surface area contributed by atoms with E-state index in [1.165, 1.54) is 83.7 Å². The highest BCUT2D eigenvalue weighted by atomic mass is 15.2. The Labute approximate surface area is 138 Å². The third-order valence-electron chi connectivity index (χ3n) is 5.05. The number of hydrogen-bond acceptors (Lipinski definition) is 2. The maximum absolute atomic E-state index is 3.61. The topological polar surface area (TPSA) is 15.3 Å². The standard InChI is InChI=1S/C20H36N2/c1-2-4-7-11-15-20(14-10-6-3-1)22-18-13-9-5-8-12-16-21-17-19-22/h1,3,5,8,20-21H,2,4,6-7,9-19H2/b3-1?,8-5-. The number of allylic oxidation sites excluding steroid dienone is 3. The summed E-state index contributed by atoms with van der Waals surface area (Å²) in [4.78, 5) is 2.80. The molecule has 0 radical (unpaired) electrons. The lowest BCUT2D eigenvalue weighted by Crippen LogP contribution is -2.40. The fourth-order valence-corrected chi connectivity index (χ4v) is 3.69. The Morgan fingerprint density at radius 3 is 2.27 bits per heavy atom. The largest absolute Gasteiger partial charge is 0.315 e. The van der Waals surface area contributed by atoms with Crippen molar-refractivity contribution >= 4 is 0 Å². The van der Waals surface area contributed by atoms with Gasteiger partial charge < -0.3 is 5.32 Å². The predicted octanol–water partition coefficient (Wildman–Crippen LogP) is 4.68. The molecule has 0 fully saturated rings. The molecule has 2 heteroatoms. The second-order valence-corrected chi connectivity index (χ2v) is 6.88. The Bertz CT molecular complexity index is 290. The van der Waals surface area contributed by atoms with E-state index < -0.39 is 0 Å². The van der Waals surface area contributed by atoms with E-state index in [4.69, 9.17) is 0 Å². The van der Waals surface area contributed by atoms with Crippen molar-refractivity contribution in [2.24, 2.45) is 0 Å². The minimum Gasteiger partial charge on any atom is -0.315 e. The van der Waals surface area contributed by atoms with Crippen LogP contribution in [0.4, 0.5) is 0 Å². The first-order valence-electron chi connectivity index (χ1n) is 9.71. The fourth-order valence-electron chi connectivity index (χ4n) is 3.69. The molecule has 2 aliphatic rings. The van der Waals surface area contributed by atoms with Gasteiger partial charge in [0, 0.05) is 19.1 Å². The first-order valence-corrected chi connectivity index (χ1v) is 9.71. The van der Waals surface area contributed by atoms with Gasteiger partial charge in [-0.1, -0.05) is 37.1 Å². The van der Waals surface area contributed by atoms with Gasteiger partial charge in [-0.2, -0.15) is 0 Å². The highest BCUT2D eigenvalue weighted by Crippen LogP contribution is 2.19. The summed E-state index contributed by atoms with van der Waals surface area (Å²) in [7, 11) is 0. The first-order chi connectivity index (χ1) is 11.0. The van der Waals surface area contributed by atoms with Crippen LogP contribution in [0.2, 0.25) is 0 Å². The Morgan fingerprint density at radius 2 is 1.36 bits per heavy atom. The Kier molecular flexibility index (Phi) is 9.60. The number of hydrogen-bond donors (Lipinski definition) is 1. The minimum absolute atomic E-state index is 0.818. The lowest BCUT2D eigenvalue weighted by Gasteiger charge is -2.32. The molecular formula is C20H36N2. The van der Waals surface area contributed by atoms with Gasteiger partial charge in [-0.05, 0) is 70.9 Å². The van der Waals surface area contributed by atoms with Crippen LogP contribution in [0, 0.1) is 0 Å². The van der Waals surface area contributed by atoms with Crippen molar-refractivity contribution in [1.82, 2.24) is 10.2 Å². The molecule has 1 heterocycles. The summed E-state index contributed by atoms with van der Waals surface area (Å²) in [5.74, 6) is 0. The monoisotopic (exact) mass is 304 g/mol. The van der Waals surface area contributed by atoms with E-state index in [9.17, 15) is 0 Å². The summed E-state index contributed by atoms with van der Waals surface area (Å²) in [5.41, 5.74) is 0. The normalized spacial score (nSPS) is 29.2. The van der Waals surface area contributed by atoms with Gasteiger partial charge in [0.15, 0.2) is 0 Å². The van der Waals surface area contributed by atoms with Crippen LogP contribution < -0.4 is 5.32 Å². The average molecular weight is 305 g/mol. The Hall–Kier alpha value is -0.600. The van der Waals surface area contributed by atoms with Crippen LogP contribution in [0.3, 0.4) is 0 Å². The van der Waals surface area contributed by atoms with E-state index >= 15 is 0 Å². The second kappa shape index (κ2) is 11.9. The summed E-state index contributed by atoms with van der Waals surface area (Å²) in [5, 5.41) is 3.61. The van der Waals surface area contributed by atoms with Gasteiger partial charge in [-0.3, -0.25) is 4.90 Å². The van der Waals surface area contributed by atoms with Crippen LogP contribution in [0.1, 0.15) is 70.6 Å². The minimum atomic E-state index is 0.818. The van der Waals surface area contributed by atoms with Gasteiger partial charge in [0.2, 0.25) is 0 Å². The predicted molar refractivity (Wildman–Crippen MR) is 97.3 cm³/mol. The van der Waals surface area contributed by atoms with Gasteiger partial charge in [0.05, 0.1) is 0 Å². The molecule has 1 unspecified atom stereocenters. The van der Waals surface area contributed by atoms with E-state index in [0.29, 0.717) is 0 Å². The molecule has 1 aliphatic carbocycles. The summed E-state index contributed by atoms with van der Waals surface area (Å²) >= 11 is 0. The van der Waals surface area contributed by atoms with Crippen LogP contribution in [0.5, 0.6) is 0 Å². The third kappa shape index (κ3) is 7.60. The fraction of sp³-hybridized carbons (Fsp3) is 0.800. The van der Waals surface area contributed by atoms with E-state index in [0.717, 1.165) is 19.1 Å². The quantitative estimate of drug-likeness (QED) is 0.708. The molecule has 0 aromatic carbocycles. The second-order valence-electron chi connectivity index (χ2n) is 6.88. The van der Waals surface area contributed by atoms with Crippen LogP contribution in [0.15, 0.2) is 24.3 Å². The van der Waals surface area contributed by atoms with Crippen molar-refractivity contribution in [1.29, 1.82) is 0 Å². The molecule has 126 valence electrons. The zero-order chi connectivity index (χ0) is 15.3. The smallest absolute Gasteiger partial charge is 0.0110 e. The molecule has 0 aromatic heterocycles. The molecule has 0 bridgehead atoms. The van der Waals surface area contributed by atoms with Crippen LogP contribution in [0.25, 0.3) is 0 Å². The van der Waals surface area contributed by atoms with Gasteiger partial charge in [0.1, 0.15) is 0 Å². The van der Waals surface area contributed by atoms with Gasteiger partial charge in [-0.15, -0.1) is 0 Å². The number of rotatable bonds is 1. The number of nitrogens with zero attached hydrogens (tertiary/aromatic N) is 1. The average Bonchev–Trinajstić information content (AvgIpc) is 2.64. The molecule has 1 atom stereocenters. The maximum Gasteiger partial charge on any atom is 0.0110 e. The lowest BCUT2D eigenvalue weighted by atomic mass is 10.0. The number of nitrogens with one attached hydrogen (secondary N) is 1. The molecule has 0 spiro atoms. The van der Waals surface area contributed by atoms with Crippen molar-refractivity contribution < 1.29 is 0 Å². The Morgan fingerprint density at radius 1 is 0.636 bits per heavy atom.